The van der Waals surface area contributed by atoms with Crippen LogP contribution in [0.3, 0.4) is 0 Å². The molecule has 0 saturated heterocycles. The molecule has 2 N–H and O–H groups in total. The molecule has 0 aromatic carbocycles. The van der Waals surface area contributed by atoms with Gasteiger partial charge in [0.2, 0.25) is 6.34 Å². The van der Waals surface area contributed by atoms with Crippen molar-refractivity contribution < 1.29 is 4.99 Å². The molecule has 0 atom stereocenters. The summed E-state index contributed by atoms with van der Waals surface area (Å²) < 4.78 is 0. The maximum absolute atomic E-state index is 3.01. The Morgan fingerprint density at radius 1 is 1.57 bits per heavy atom. The first-order valence-corrected chi connectivity index (χ1v) is 2.70. The van der Waals surface area contributed by atoms with Gasteiger partial charge in [-0.25, -0.2) is 0 Å². The highest BCUT2D eigenvalue weighted by molar-refractivity contribution is 5.46. The maximum atomic E-state index is 3.01. The number of hydrogen-bond acceptors (Lipinski definition) is 0. The van der Waals surface area contributed by atoms with Crippen LogP contribution < -0.4 is 10.3 Å². The summed E-state index contributed by atoms with van der Waals surface area (Å²) in [4.78, 5) is 3.01. The fourth-order valence-corrected chi connectivity index (χ4v) is 0.276. The normalized spacial score (nSPS) is 10.0. The summed E-state index contributed by atoms with van der Waals surface area (Å²) in [5.74, 6) is 0. The first kappa shape index (κ1) is 6.47. The highest BCUT2D eigenvalue weighted by Gasteiger charge is 1.70. The molecule has 2 nitrogen and oxygen atoms in total. The number of rotatable bonds is 3. The molecule has 0 amide bonds. The van der Waals surface area contributed by atoms with Crippen LogP contribution in [-0.4, -0.2) is 19.4 Å². The number of hydrogen-bond donors (Lipinski definition) is 2. The smallest absolute Gasteiger partial charge is 0.229 e. The van der Waals surface area contributed by atoms with E-state index in [1.807, 2.05) is 6.34 Å². The largest absolute Gasteiger partial charge is 0.281 e. The topological polar surface area (TPSA) is 26.0 Å². The minimum atomic E-state index is 0.993. The van der Waals surface area contributed by atoms with Crippen molar-refractivity contribution in [2.24, 2.45) is 0 Å². The Morgan fingerprint density at radius 3 is 2.71 bits per heavy atom. The molecule has 0 aliphatic rings. The van der Waals surface area contributed by atoms with Crippen molar-refractivity contribution in [3.8, 4) is 0 Å². The summed E-state index contributed by atoms with van der Waals surface area (Å²) in [6, 6.07) is 0. The lowest BCUT2D eigenvalue weighted by Crippen LogP contribution is -2.70. The van der Waals surface area contributed by atoms with Gasteiger partial charge in [-0.1, -0.05) is 0 Å². The molecule has 2 heteroatoms. The summed E-state index contributed by atoms with van der Waals surface area (Å²) in [7, 11) is 0. The summed E-state index contributed by atoms with van der Waals surface area (Å²) in [6.07, 6.45) is 1.86. The van der Waals surface area contributed by atoms with E-state index in [4.69, 9.17) is 0 Å². The van der Waals surface area contributed by atoms with Crippen molar-refractivity contribution in [2.45, 2.75) is 13.8 Å². The van der Waals surface area contributed by atoms with Crippen LogP contribution in [0.4, 0.5) is 0 Å². The third-order valence-corrected chi connectivity index (χ3v) is 0.612. The Kier molecular flexibility index (Phi) is 5.06. The molecule has 42 valence electrons. The minimum Gasteiger partial charge on any atom is -0.281 e. The first-order valence-electron chi connectivity index (χ1n) is 2.70. The summed E-state index contributed by atoms with van der Waals surface area (Å²) in [5, 5.41) is 3.01. The molecule has 0 bridgehead atoms. The molecule has 0 aromatic rings. The van der Waals surface area contributed by atoms with E-state index in [0.29, 0.717) is 0 Å². The second-order valence-electron chi connectivity index (χ2n) is 1.26. The van der Waals surface area contributed by atoms with E-state index in [-0.39, 0.29) is 0 Å². The van der Waals surface area contributed by atoms with Gasteiger partial charge in [-0.05, 0) is 13.8 Å². The molecule has 0 aliphatic heterocycles. The highest BCUT2D eigenvalue weighted by Crippen LogP contribution is 1.36. The Balaban J connectivity index is 2.78. The van der Waals surface area contributed by atoms with Crippen LogP contribution in [0.5, 0.6) is 0 Å². The van der Waals surface area contributed by atoms with E-state index >= 15 is 0 Å². The van der Waals surface area contributed by atoms with Crippen LogP contribution in [0, 0.1) is 0 Å². The van der Waals surface area contributed by atoms with Crippen LogP contribution >= 0.6 is 0 Å². The van der Waals surface area contributed by atoms with Gasteiger partial charge in [0, 0.05) is 0 Å². The fourth-order valence-electron chi connectivity index (χ4n) is 0.276. The monoisotopic (exact) mass is 101 g/mol. The van der Waals surface area contributed by atoms with Gasteiger partial charge in [0.05, 0.1) is 13.1 Å². The molecule has 0 saturated carbocycles. The van der Waals surface area contributed by atoms with Gasteiger partial charge >= 0.3 is 0 Å². The van der Waals surface area contributed by atoms with Crippen molar-refractivity contribution in [3.63, 3.8) is 0 Å². The van der Waals surface area contributed by atoms with Crippen LogP contribution in [0.15, 0.2) is 0 Å². The van der Waals surface area contributed by atoms with E-state index in [0.717, 1.165) is 13.1 Å². The van der Waals surface area contributed by atoms with E-state index in [1.54, 1.807) is 0 Å². The van der Waals surface area contributed by atoms with Gasteiger partial charge in [0.15, 0.2) is 0 Å². The lowest BCUT2D eigenvalue weighted by Gasteiger charge is -1.79. The van der Waals surface area contributed by atoms with E-state index in [2.05, 4.69) is 24.2 Å². The minimum absolute atomic E-state index is 0.993. The van der Waals surface area contributed by atoms with Crippen molar-refractivity contribution in [1.29, 1.82) is 0 Å². The molecule has 0 spiro atoms. The van der Waals surface area contributed by atoms with Crippen LogP contribution in [0.1, 0.15) is 13.8 Å². The van der Waals surface area contributed by atoms with E-state index < -0.39 is 0 Å². The van der Waals surface area contributed by atoms with Crippen LogP contribution in [0.2, 0.25) is 0 Å². The molecular formula is C5H13N2+. The summed E-state index contributed by atoms with van der Waals surface area (Å²) in [6.45, 7) is 6.11. The highest BCUT2D eigenvalue weighted by atomic mass is 14.9. The Labute approximate surface area is 44.6 Å². The standard InChI is InChI=1S/C5H12N2/c1-3-6-5-7-4-2/h5H,3-4H2,1-2H3,(H,6,7)/p+1. The van der Waals surface area contributed by atoms with Gasteiger partial charge < -0.3 is 0 Å². The molecule has 7 heavy (non-hydrogen) atoms. The predicted octanol–water partition coefficient (Wildman–Crippen LogP) is -1.28. The first-order chi connectivity index (χ1) is 3.41. The van der Waals surface area contributed by atoms with Crippen LogP contribution in [0.25, 0.3) is 0 Å². The molecule has 0 rings (SSSR count). The van der Waals surface area contributed by atoms with E-state index in [1.165, 1.54) is 0 Å². The predicted molar refractivity (Wildman–Crippen MR) is 31.2 cm³/mol. The fraction of sp³-hybridized carbons (Fsp3) is 0.800. The zero-order chi connectivity index (χ0) is 5.54. The molecule has 0 radical (unpaired) electrons. The average molecular weight is 101 g/mol. The maximum Gasteiger partial charge on any atom is 0.229 e. The van der Waals surface area contributed by atoms with Gasteiger partial charge in [-0.2, -0.15) is 0 Å². The molecule has 0 unspecified atom stereocenters. The van der Waals surface area contributed by atoms with Crippen molar-refractivity contribution >= 4 is 6.34 Å². The Bertz CT molecular complexity index is 50.0. The van der Waals surface area contributed by atoms with Gasteiger partial charge in [-0.3, -0.25) is 10.3 Å². The molecule has 0 heterocycles. The third-order valence-electron chi connectivity index (χ3n) is 0.612. The molecular weight excluding hydrogens is 88.1 g/mol. The molecule has 0 fully saturated rings. The second kappa shape index (κ2) is 5.47. The molecule has 0 aliphatic carbocycles. The van der Waals surface area contributed by atoms with Crippen molar-refractivity contribution in [1.82, 2.24) is 5.32 Å². The SMILES string of the molecule is CCNC=[NH+]CC. The summed E-state index contributed by atoms with van der Waals surface area (Å²) >= 11 is 0. The molecule has 0 aromatic heterocycles. The lowest BCUT2D eigenvalue weighted by atomic mass is 10.7. The summed E-state index contributed by atoms with van der Waals surface area (Å²) in [5.41, 5.74) is 0. The quantitative estimate of drug-likeness (QED) is 0.336. The third kappa shape index (κ3) is 5.47. The van der Waals surface area contributed by atoms with Crippen molar-refractivity contribution in [2.75, 3.05) is 13.1 Å². The average Bonchev–Trinajstić information content (AvgIpc) is 1.69. The van der Waals surface area contributed by atoms with E-state index in [9.17, 15) is 0 Å². The second-order valence-corrected chi connectivity index (χ2v) is 1.26. The lowest BCUT2D eigenvalue weighted by molar-refractivity contribution is -0.449. The van der Waals surface area contributed by atoms with Crippen molar-refractivity contribution in [3.05, 3.63) is 0 Å². The Morgan fingerprint density at radius 2 is 2.29 bits per heavy atom. The zero-order valence-corrected chi connectivity index (χ0v) is 4.99. The van der Waals surface area contributed by atoms with Crippen LogP contribution in [-0.2, 0) is 0 Å². The van der Waals surface area contributed by atoms with Gasteiger partial charge in [-0.15, -0.1) is 0 Å². The zero-order valence-electron chi connectivity index (χ0n) is 4.99. The Hall–Kier alpha value is -0.530. The number of nitrogens with one attached hydrogen (secondary N) is 2. The van der Waals surface area contributed by atoms with Gasteiger partial charge in [0.25, 0.3) is 0 Å². The van der Waals surface area contributed by atoms with Gasteiger partial charge in [0.1, 0.15) is 0 Å².